The monoisotopic (exact) mass is 326 g/mol. The molecule has 0 aliphatic heterocycles. The van der Waals surface area contributed by atoms with Gasteiger partial charge in [-0.3, -0.25) is 0 Å². The zero-order chi connectivity index (χ0) is 15.0. The summed E-state index contributed by atoms with van der Waals surface area (Å²) in [7, 11) is 0. The van der Waals surface area contributed by atoms with Gasteiger partial charge < -0.3 is 5.73 Å². The highest BCUT2D eigenvalue weighted by Gasteiger charge is 2.11. The molecule has 0 radical (unpaired) electrons. The quantitative estimate of drug-likeness (QED) is 0.435. The number of nitrogens with zero attached hydrogens (tertiary/aromatic N) is 1. The van der Waals surface area contributed by atoms with Crippen LogP contribution in [-0.2, 0) is 5.75 Å². The lowest BCUT2D eigenvalue weighted by Gasteiger charge is -2.02. The standard InChI is InChI=1S/C14H9F3N2S2/c15-9-5-11(17)10(16)3-7(9)6-20-14-19-12-2-1-8(18)4-13(12)21-14/h1-5H,6,18H2. The number of fused-ring (bicyclic) bond motifs is 1. The molecule has 0 unspecified atom stereocenters. The highest BCUT2D eigenvalue weighted by atomic mass is 32.2. The number of nitrogens with two attached hydrogens (primary N) is 1. The molecule has 0 aliphatic rings. The molecule has 2 N–H and O–H groups in total. The van der Waals surface area contributed by atoms with Crippen LogP contribution in [0, 0.1) is 17.5 Å². The van der Waals surface area contributed by atoms with Crippen molar-refractivity contribution in [2.24, 2.45) is 0 Å². The van der Waals surface area contributed by atoms with Gasteiger partial charge in [0.05, 0.1) is 10.2 Å². The van der Waals surface area contributed by atoms with Crippen LogP contribution < -0.4 is 5.73 Å². The van der Waals surface area contributed by atoms with E-state index in [1.54, 1.807) is 6.07 Å². The largest absolute Gasteiger partial charge is 0.399 e. The summed E-state index contributed by atoms with van der Waals surface area (Å²) in [6.07, 6.45) is 0. The average Bonchev–Trinajstić information content (AvgIpc) is 2.83. The minimum atomic E-state index is -1.18. The van der Waals surface area contributed by atoms with E-state index < -0.39 is 17.5 Å². The predicted octanol–water partition coefficient (Wildman–Crippen LogP) is 4.59. The van der Waals surface area contributed by atoms with Gasteiger partial charge in [-0.2, -0.15) is 0 Å². The summed E-state index contributed by atoms with van der Waals surface area (Å²) in [5.41, 5.74) is 7.26. The fourth-order valence-corrected chi connectivity index (χ4v) is 3.89. The first-order valence-corrected chi connectivity index (χ1v) is 7.75. The number of hydrogen-bond acceptors (Lipinski definition) is 4. The number of thiazole rings is 1. The van der Waals surface area contributed by atoms with Crippen LogP contribution in [0.2, 0.25) is 0 Å². The molecule has 0 saturated carbocycles. The van der Waals surface area contributed by atoms with E-state index in [1.165, 1.54) is 23.1 Å². The molecular weight excluding hydrogens is 317 g/mol. The van der Waals surface area contributed by atoms with Crippen LogP contribution in [0.15, 0.2) is 34.7 Å². The van der Waals surface area contributed by atoms with E-state index in [1.807, 2.05) is 12.1 Å². The van der Waals surface area contributed by atoms with Crippen LogP contribution in [0.3, 0.4) is 0 Å². The topological polar surface area (TPSA) is 38.9 Å². The lowest BCUT2D eigenvalue weighted by molar-refractivity contribution is 0.492. The van der Waals surface area contributed by atoms with Gasteiger partial charge in [0, 0.05) is 23.1 Å². The number of benzene rings is 2. The van der Waals surface area contributed by atoms with Crippen LogP contribution in [-0.4, -0.2) is 4.98 Å². The van der Waals surface area contributed by atoms with Crippen molar-refractivity contribution in [1.82, 2.24) is 4.98 Å². The molecule has 0 atom stereocenters. The molecule has 0 bridgehead atoms. The van der Waals surface area contributed by atoms with E-state index in [4.69, 9.17) is 5.73 Å². The van der Waals surface area contributed by atoms with Gasteiger partial charge in [-0.05, 0) is 24.3 Å². The van der Waals surface area contributed by atoms with Crippen molar-refractivity contribution in [3.05, 3.63) is 53.3 Å². The number of rotatable bonds is 3. The second kappa shape index (κ2) is 5.57. The van der Waals surface area contributed by atoms with Crippen LogP contribution in [0.4, 0.5) is 18.9 Å². The third kappa shape index (κ3) is 2.98. The Kier molecular flexibility index (Phi) is 3.77. The normalized spacial score (nSPS) is 11.2. The number of thioether (sulfide) groups is 1. The number of halogens is 3. The van der Waals surface area contributed by atoms with Crippen LogP contribution in [0.5, 0.6) is 0 Å². The zero-order valence-electron chi connectivity index (χ0n) is 10.6. The molecule has 2 nitrogen and oxygen atoms in total. The zero-order valence-corrected chi connectivity index (χ0v) is 12.2. The van der Waals surface area contributed by atoms with Crippen molar-refractivity contribution in [1.29, 1.82) is 0 Å². The summed E-state index contributed by atoms with van der Waals surface area (Å²) < 4.78 is 41.2. The highest BCUT2D eigenvalue weighted by molar-refractivity contribution is 8.00. The Morgan fingerprint density at radius 1 is 1.05 bits per heavy atom. The van der Waals surface area contributed by atoms with Crippen LogP contribution >= 0.6 is 23.1 Å². The third-order valence-corrected chi connectivity index (χ3v) is 5.04. The van der Waals surface area contributed by atoms with E-state index >= 15 is 0 Å². The molecule has 3 aromatic rings. The molecule has 108 valence electrons. The Morgan fingerprint density at radius 2 is 1.81 bits per heavy atom. The van der Waals surface area contributed by atoms with Crippen molar-refractivity contribution in [2.75, 3.05) is 5.73 Å². The highest BCUT2D eigenvalue weighted by Crippen LogP contribution is 2.33. The number of hydrogen-bond donors (Lipinski definition) is 1. The van der Waals surface area contributed by atoms with Gasteiger partial charge in [0.15, 0.2) is 16.0 Å². The summed E-state index contributed by atoms with van der Waals surface area (Å²) in [5.74, 6) is -2.81. The summed E-state index contributed by atoms with van der Waals surface area (Å²) >= 11 is 2.70. The lowest BCUT2D eigenvalue weighted by atomic mass is 10.2. The molecule has 7 heteroatoms. The average molecular weight is 326 g/mol. The van der Waals surface area contributed by atoms with Gasteiger partial charge in [-0.1, -0.05) is 11.8 Å². The summed E-state index contributed by atoms with van der Waals surface area (Å²) in [6, 6.07) is 6.82. The van der Waals surface area contributed by atoms with Gasteiger partial charge in [-0.25, -0.2) is 18.2 Å². The van der Waals surface area contributed by atoms with Gasteiger partial charge in [0.2, 0.25) is 0 Å². The number of nitrogen functional groups attached to an aromatic ring is 1. The fraction of sp³-hybridized carbons (Fsp3) is 0.0714. The minimum Gasteiger partial charge on any atom is -0.399 e. The van der Waals surface area contributed by atoms with Crippen molar-refractivity contribution < 1.29 is 13.2 Å². The predicted molar refractivity (Wildman–Crippen MR) is 79.9 cm³/mol. The van der Waals surface area contributed by atoms with Crippen molar-refractivity contribution in [2.45, 2.75) is 10.1 Å². The van der Waals surface area contributed by atoms with Gasteiger partial charge in [0.25, 0.3) is 0 Å². The Hall–Kier alpha value is -1.73. The molecule has 1 aromatic heterocycles. The Balaban J connectivity index is 1.81. The van der Waals surface area contributed by atoms with E-state index in [-0.39, 0.29) is 11.3 Å². The Labute approximate surface area is 126 Å². The summed E-state index contributed by atoms with van der Waals surface area (Å²) in [6.45, 7) is 0. The molecule has 0 aliphatic carbocycles. The first-order chi connectivity index (χ1) is 10.0. The maximum Gasteiger partial charge on any atom is 0.161 e. The smallest absolute Gasteiger partial charge is 0.161 e. The minimum absolute atomic E-state index is 0.109. The molecule has 0 spiro atoms. The van der Waals surface area contributed by atoms with Crippen molar-refractivity contribution in [3.63, 3.8) is 0 Å². The fourth-order valence-electron chi connectivity index (χ4n) is 1.80. The Bertz CT molecular complexity index is 817. The van der Waals surface area contributed by atoms with Crippen molar-refractivity contribution >= 4 is 39.0 Å². The van der Waals surface area contributed by atoms with E-state index in [9.17, 15) is 13.2 Å². The number of aromatic nitrogens is 1. The lowest BCUT2D eigenvalue weighted by Crippen LogP contribution is -1.93. The summed E-state index contributed by atoms with van der Waals surface area (Å²) in [5, 5.41) is 0. The molecule has 0 saturated heterocycles. The maximum absolute atomic E-state index is 13.5. The second-order valence-corrected chi connectivity index (χ2v) is 6.61. The second-order valence-electron chi connectivity index (χ2n) is 4.35. The van der Waals surface area contributed by atoms with E-state index in [0.29, 0.717) is 11.8 Å². The summed E-state index contributed by atoms with van der Waals surface area (Å²) in [4.78, 5) is 4.37. The molecular formula is C14H9F3N2S2. The first kappa shape index (κ1) is 14.2. The molecule has 21 heavy (non-hydrogen) atoms. The molecule has 3 rings (SSSR count). The van der Waals surface area contributed by atoms with Gasteiger partial charge >= 0.3 is 0 Å². The first-order valence-electron chi connectivity index (χ1n) is 5.95. The molecule has 2 aromatic carbocycles. The van der Waals surface area contributed by atoms with Crippen LogP contribution in [0.1, 0.15) is 5.56 Å². The Morgan fingerprint density at radius 3 is 2.62 bits per heavy atom. The number of anilines is 1. The van der Waals surface area contributed by atoms with Gasteiger partial charge in [0.1, 0.15) is 5.82 Å². The molecule has 0 fully saturated rings. The van der Waals surface area contributed by atoms with E-state index in [0.717, 1.165) is 20.6 Å². The SMILES string of the molecule is Nc1ccc2nc(SCc3cc(F)c(F)cc3F)sc2c1. The van der Waals surface area contributed by atoms with Crippen LogP contribution in [0.25, 0.3) is 10.2 Å². The molecule has 1 heterocycles. The van der Waals surface area contributed by atoms with Gasteiger partial charge in [-0.15, -0.1) is 11.3 Å². The van der Waals surface area contributed by atoms with Crippen molar-refractivity contribution in [3.8, 4) is 0 Å². The third-order valence-electron chi connectivity index (χ3n) is 2.83. The van der Waals surface area contributed by atoms with E-state index in [2.05, 4.69) is 4.98 Å². The maximum atomic E-state index is 13.5. The molecule has 0 amide bonds.